The van der Waals surface area contributed by atoms with Gasteiger partial charge in [-0.1, -0.05) is 19.3 Å². The molecule has 1 aliphatic carbocycles. The summed E-state index contributed by atoms with van der Waals surface area (Å²) in [5, 5.41) is 14.7. The maximum Gasteiger partial charge on any atom is 0.272 e. The molecule has 0 radical (unpaired) electrons. The van der Waals surface area contributed by atoms with Crippen molar-refractivity contribution < 1.29 is 9.72 Å². The number of benzene rings is 1. The van der Waals surface area contributed by atoms with Crippen molar-refractivity contribution in [1.29, 1.82) is 0 Å². The van der Waals surface area contributed by atoms with E-state index in [0.29, 0.717) is 17.0 Å². The fourth-order valence-corrected chi connectivity index (χ4v) is 2.55. The number of nitro benzene ring substituents is 1. The summed E-state index contributed by atoms with van der Waals surface area (Å²) in [5.41, 5.74) is 3.33. The number of amides is 1. The van der Waals surface area contributed by atoms with E-state index in [-0.39, 0.29) is 11.6 Å². The summed E-state index contributed by atoms with van der Waals surface area (Å²) < 4.78 is 0. The van der Waals surface area contributed by atoms with Crippen LogP contribution in [0.4, 0.5) is 5.69 Å². The number of hydrazone groups is 1. The molecule has 112 valence electrons. The van der Waals surface area contributed by atoms with Crippen LogP contribution in [0.15, 0.2) is 23.3 Å². The number of carbonyl (C=O) groups excluding carboxylic acids is 1. The van der Waals surface area contributed by atoms with Gasteiger partial charge in [0, 0.05) is 23.4 Å². The minimum Gasteiger partial charge on any atom is -0.267 e. The van der Waals surface area contributed by atoms with Gasteiger partial charge < -0.3 is 0 Å². The largest absolute Gasteiger partial charge is 0.272 e. The number of carbonyl (C=O) groups is 1. The molecule has 6 heteroatoms. The van der Waals surface area contributed by atoms with Crippen molar-refractivity contribution in [2.24, 2.45) is 11.0 Å². The number of hydrogen-bond donors (Lipinski definition) is 1. The maximum absolute atomic E-state index is 11.9. The van der Waals surface area contributed by atoms with Gasteiger partial charge in [-0.15, -0.1) is 0 Å². The lowest BCUT2D eigenvalue weighted by atomic mass is 9.90. The lowest BCUT2D eigenvalue weighted by molar-refractivity contribution is -0.385. The SMILES string of the molecule is Cc1cc(C(=O)NN=CC2CCCCC2)ccc1[N+](=O)[O-]. The zero-order valence-electron chi connectivity index (χ0n) is 12.0. The average Bonchev–Trinajstić information content (AvgIpc) is 2.47. The molecule has 1 aromatic carbocycles. The van der Waals surface area contributed by atoms with Gasteiger partial charge in [-0.05, 0) is 37.8 Å². The van der Waals surface area contributed by atoms with Crippen LogP contribution in [0.3, 0.4) is 0 Å². The topological polar surface area (TPSA) is 84.6 Å². The van der Waals surface area contributed by atoms with Gasteiger partial charge in [-0.2, -0.15) is 5.10 Å². The first-order valence-corrected chi connectivity index (χ1v) is 7.16. The summed E-state index contributed by atoms with van der Waals surface area (Å²) in [5.74, 6) is 0.0951. The second kappa shape index (κ2) is 6.97. The van der Waals surface area contributed by atoms with E-state index in [0.717, 1.165) is 12.8 Å². The van der Waals surface area contributed by atoms with E-state index in [2.05, 4.69) is 10.5 Å². The number of rotatable bonds is 4. The number of aryl methyl sites for hydroxylation is 1. The zero-order chi connectivity index (χ0) is 15.2. The molecule has 1 amide bonds. The number of nitro groups is 1. The molecule has 1 saturated carbocycles. The first-order chi connectivity index (χ1) is 10.1. The molecule has 0 spiro atoms. The van der Waals surface area contributed by atoms with E-state index >= 15 is 0 Å². The highest BCUT2D eigenvalue weighted by Gasteiger charge is 2.14. The minimum absolute atomic E-state index is 0.0113. The molecule has 0 aliphatic heterocycles. The molecule has 0 unspecified atom stereocenters. The van der Waals surface area contributed by atoms with Crippen LogP contribution in [0.5, 0.6) is 0 Å². The molecule has 0 saturated heterocycles. The van der Waals surface area contributed by atoms with Crippen LogP contribution in [0.1, 0.15) is 48.0 Å². The summed E-state index contributed by atoms with van der Waals surface area (Å²) >= 11 is 0. The van der Waals surface area contributed by atoms with Gasteiger partial charge in [0.1, 0.15) is 0 Å². The van der Waals surface area contributed by atoms with Gasteiger partial charge in [0.15, 0.2) is 0 Å². The Morgan fingerprint density at radius 2 is 2.10 bits per heavy atom. The Morgan fingerprint density at radius 3 is 2.71 bits per heavy atom. The first kappa shape index (κ1) is 15.2. The van der Waals surface area contributed by atoms with Crippen molar-refractivity contribution in [3.63, 3.8) is 0 Å². The van der Waals surface area contributed by atoms with Crippen LogP contribution in [-0.4, -0.2) is 17.0 Å². The second-order valence-electron chi connectivity index (χ2n) is 5.38. The molecule has 0 aromatic heterocycles. The molecular formula is C15H19N3O3. The predicted octanol–water partition coefficient (Wildman–Crippen LogP) is 3.20. The third-order valence-corrected chi connectivity index (χ3v) is 3.76. The standard InChI is InChI=1S/C15H19N3O3/c1-11-9-13(7-8-14(11)18(20)21)15(19)17-16-10-12-5-3-2-4-6-12/h7-10,12H,2-6H2,1H3,(H,17,19). The van der Waals surface area contributed by atoms with E-state index < -0.39 is 4.92 Å². The highest BCUT2D eigenvalue weighted by atomic mass is 16.6. The highest BCUT2D eigenvalue weighted by Crippen LogP contribution is 2.22. The molecule has 0 atom stereocenters. The molecule has 1 fully saturated rings. The number of nitrogens with one attached hydrogen (secondary N) is 1. The molecule has 1 N–H and O–H groups in total. The van der Waals surface area contributed by atoms with Gasteiger partial charge >= 0.3 is 0 Å². The van der Waals surface area contributed by atoms with Gasteiger partial charge in [0.2, 0.25) is 0 Å². The second-order valence-corrected chi connectivity index (χ2v) is 5.38. The fraction of sp³-hybridized carbons (Fsp3) is 0.467. The Hall–Kier alpha value is -2.24. The maximum atomic E-state index is 11.9. The Morgan fingerprint density at radius 1 is 1.38 bits per heavy atom. The van der Waals surface area contributed by atoms with Crippen LogP contribution in [0.25, 0.3) is 0 Å². The third-order valence-electron chi connectivity index (χ3n) is 3.76. The molecule has 0 heterocycles. The molecule has 1 aromatic rings. The summed E-state index contributed by atoms with van der Waals surface area (Å²) in [6.07, 6.45) is 7.75. The van der Waals surface area contributed by atoms with Crippen LogP contribution in [0.2, 0.25) is 0 Å². The smallest absolute Gasteiger partial charge is 0.267 e. The molecule has 1 aliphatic rings. The van der Waals surface area contributed by atoms with Crippen molar-refractivity contribution in [1.82, 2.24) is 5.43 Å². The predicted molar refractivity (Wildman–Crippen MR) is 80.4 cm³/mol. The van der Waals surface area contributed by atoms with Gasteiger partial charge in [-0.3, -0.25) is 14.9 Å². The normalized spacial score (nSPS) is 16.0. The Labute approximate surface area is 123 Å². The van der Waals surface area contributed by atoms with Crippen molar-refractivity contribution in [3.8, 4) is 0 Å². The zero-order valence-corrected chi connectivity index (χ0v) is 12.0. The monoisotopic (exact) mass is 289 g/mol. The number of hydrogen-bond acceptors (Lipinski definition) is 4. The van der Waals surface area contributed by atoms with Crippen LogP contribution in [-0.2, 0) is 0 Å². The van der Waals surface area contributed by atoms with Crippen molar-refractivity contribution in [3.05, 3.63) is 39.4 Å². The quantitative estimate of drug-likeness (QED) is 0.524. The lowest BCUT2D eigenvalue weighted by Gasteiger charge is -2.16. The van der Waals surface area contributed by atoms with Crippen molar-refractivity contribution in [2.75, 3.05) is 0 Å². The highest BCUT2D eigenvalue weighted by molar-refractivity contribution is 5.94. The molecule has 2 rings (SSSR count). The summed E-state index contributed by atoms with van der Waals surface area (Å²) in [6.45, 7) is 1.61. The van der Waals surface area contributed by atoms with Crippen LogP contribution < -0.4 is 5.43 Å². The Kier molecular flexibility index (Phi) is 5.03. The molecule has 0 bridgehead atoms. The first-order valence-electron chi connectivity index (χ1n) is 7.16. The van der Waals surface area contributed by atoms with Crippen molar-refractivity contribution >= 4 is 17.8 Å². The van der Waals surface area contributed by atoms with Crippen LogP contribution in [0, 0.1) is 23.0 Å². The third kappa shape index (κ3) is 4.11. The molecule has 6 nitrogen and oxygen atoms in total. The Balaban J connectivity index is 1.95. The lowest BCUT2D eigenvalue weighted by Crippen LogP contribution is -2.19. The van der Waals surface area contributed by atoms with E-state index in [1.807, 2.05) is 0 Å². The van der Waals surface area contributed by atoms with Crippen LogP contribution >= 0.6 is 0 Å². The molecular weight excluding hydrogens is 270 g/mol. The van der Waals surface area contributed by atoms with Gasteiger partial charge in [0.25, 0.3) is 11.6 Å². The molecule has 21 heavy (non-hydrogen) atoms. The van der Waals surface area contributed by atoms with E-state index in [1.54, 1.807) is 13.1 Å². The Bertz CT molecular complexity index is 563. The van der Waals surface area contributed by atoms with E-state index in [1.165, 1.54) is 37.5 Å². The van der Waals surface area contributed by atoms with E-state index in [4.69, 9.17) is 0 Å². The summed E-state index contributed by atoms with van der Waals surface area (Å²) in [7, 11) is 0. The van der Waals surface area contributed by atoms with Crippen molar-refractivity contribution in [2.45, 2.75) is 39.0 Å². The van der Waals surface area contributed by atoms with Gasteiger partial charge in [0.05, 0.1) is 4.92 Å². The average molecular weight is 289 g/mol. The summed E-state index contributed by atoms with van der Waals surface area (Å²) in [4.78, 5) is 22.2. The fourth-order valence-electron chi connectivity index (χ4n) is 2.55. The number of nitrogens with zero attached hydrogens (tertiary/aromatic N) is 2. The van der Waals surface area contributed by atoms with Gasteiger partial charge in [-0.25, -0.2) is 5.43 Å². The minimum atomic E-state index is -0.460. The van der Waals surface area contributed by atoms with E-state index in [9.17, 15) is 14.9 Å². The summed E-state index contributed by atoms with van der Waals surface area (Å²) in [6, 6.07) is 4.29.